The number of aryl methyl sites for hydroxylation is 1. The number of sulfone groups is 1. The fourth-order valence-electron chi connectivity index (χ4n) is 1.91. The summed E-state index contributed by atoms with van der Waals surface area (Å²) in [5.74, 6) is -1.19. The highest BCUT2D eigenvalue weighted by molar-refractivity contribution is 7.91. The zero-order valence-electron chi connectivity index (χ0n) is 8.38. The number of nitrogens with two attached hydrogens (primary N) is 1. The van der Waals surface area contributed by atoms with E-state index in [2.05, 4.69) is 0 Å². The van der Waals surface area contributed by atoms with Gasteiger partial charge in [0.2, 0.25) is 0 Å². The first-order valence-electron chi connectivity index (χ1n) is 4.76. The Kier molecular flexibility index (Phi) is 2.47. The van der Waals surface area contributed by atoms with Gasteiger partial charge in [-0.2, -0.15) is 0 Å². The standard InChI is InChI=1S/C10H11NO4S/c11-8(10(12)13)7-3-1-2-6-4-5-16(14,15)9(6)7/h1-3,8H,4-5,11H2,(H,12,13). The van der Waals surface area contributed by atoms with E-state index >= 15 is 0 Å². The van der Waals surface area contributed by atoms with Crippen LogP contribution in [0.25, 0.3) is 0 Å². The lowest BCUT2D eigenvalue weighted by Gasteiger charge is -2.11. The van der Waals surface area contributed by atoms with Crippen LogP contribution < -0.4 is 5.73 Å². The van der Waals surface area contributed by atoms with E-state index in [0.29, 0.717) is 12.0 Å². The molecule has 0 saturated carbocycles. The Hall–Kier alpha value is -1.40. The molecule has 0 saturated heterocycles. The predicted molar refractivity (Wildman–Crippen MR) is 56.8 cm³/mol. The van der Waals surface area contributed by atoms with Crippen LogP contribution in [0.4, 0.5) is 0 Å². The molecule has 1 heterocycles. The lowest BCUT2D eigenvalue weighted by Crippen LogP contribution is -2.22. The molecular formula is C10H11NO4S. The SMILES string of the molecule is NC(C(=O)O)c1cccc2c1S(=O)(=O)CC2. The molecule has 1 aromatic carbocycles. The molecule has 1 atom stereocenters. The summed E-state index contributed by atoms with van der Waals surface area (Å²) >= 11 is 0. The Labute approximate surface area is 92.8 Å². The topological polar surface area (TPSA) is 97.5 Å². The Morgan fingerprint density at radius 1 is 1.44 bits per heavy atom. The van der Waals surface area contributed by atoms with Crippen LogP contribution in [0.3, 0.4) is 0 Å². The third-order valence-electron chi connectivity index (χ3n) is 2.68. The van der Waals surface area contributed by atoms with Gasteiger partial charge in [-0.3, -0.25) is 4.79 Å². The van der Waals surface area contributed by atoms with E-state index in [0.717, 1.165) is 0 Å². The molecule has 5 nitrogen and oxygen atoms in total. The number of rotatable bonds is 2. The zero-order chi connectivity index (χ0) is 11.9. The fraction of sp³-hybridized carbons (Fsp3) is 0.300. The minimum absolute atomic E-state index is 0.0334. The van der Waals surface area contributed by atoms with Crippen molar-refractivity contribution in [1.29, 1.82) is 0 Å². The zero-order valence-corrected chi connectivity index (χ0v) is 9.20. The lowest BCUT2D eigenvalue weighted by atomic mass is 10.0. The van der Waals surface area contributed by atoms with Crippen molar-refractivity contribution in [3.05, 3.63) is 29.3 Å². The third-order valence-corrected chi connectivity index (χ3v) is 4.54. The average molecular weight is 241 g/mol. The van der Waals surface area contributed by atoms with Crippen LogP contribution in [0.15, 0.2) is 23.1 Å². The van der Waals surface area contributed by atoms with E-state index in [-0.39, 0.29) is 16.2 Å². The van der Waals surface area contributed by atoms with Gasteiger partial charge >= 0.3 is 5.97 Å². The summed E-state index contributed by atoms with van der Waals surface area (Å²) in [6.45, 7) is 0. The van der Waals surface area contributed by atoms with Crippen molar-refractivity contribution >= 4 is 15.8 Å². The monoisotopic (exact) mass is 241 g/mol. The van der Waals surface area contributed by atoms with Gasteiger partial charge in [-0.15, -0.1) is 0 Å². The van der Waals surface area contributed by atoms with E-state index in [1.165, 1.54) is 6.07 Å². The summed E-state index contributed by atoms with van der Waals surface area (Å²) in [5, 5.41) is 8.82. The van der Waals surface area contributed by atoms with Gasteiger partial charge in [0.25, 0.3) is 0 Å². The number of hydrogen-bond donors (Lipinski definition) is 2. The van der Waals surface area contributed by atoms with Crippen molar-refractivity contribution in [3.8, 4) is 0 Å². The van der Waals surface area contributed by atoms with Gasteiger partial charge in [0.1, 0.15) is 6.04 Å². The molecule has 6 heteroatoms. The number of aliphatic carboxylic acids is 1. The molecule has 86 valence electrons. The molecule has 0 bridgehead atoms. The molecule has 1 aromatic rings. The summed E-state index contributed by atoms with van der Waals surface area (Å²) in [4.78, 5) is 10.9. The molecule has 3 N–H and O–H groups in total. The Morgan fingerprint density at radius 3 is 2.75 bits per heavy atom. The van der Waals surface area contributed by atoms with Crippen LogP contribution >= 0.6 is 0 Å². The second-order valence-electron chi connectivity index (χ2n) is 3.72. The van der Waals surface area contributed by atoms with Crippen molar-refractivity contribution in [2.75, 3.05) is 5.75 Å². The number of carboxylic acids is 1. The number of fused-ring (bicyclic) bond motifs is 1. The maximum Gasteiger partial charge on any atom is 0.325 e. The highest BCUT2D eigenvalue weighted by Crippen LogP contribution is 2.31. The van der Waals surface area contributed by atoms with Gasteiger partial charge in [0.05, 0.1) is 10.6 Å². The second-order valence-corrected chi connectivity index (χ2v) is 5.77. The quantitative estimate of drug-likeness (QED) is 0.765. The van der Waals surface area contributed by atoms with Gasteiger partial charge < -0.3 is 10.8 Å². The normalized spacial score (nSPS) is 19.1. The molecule has 16 heavy (non-hydrogen) atoms. The van der Waals surface area contributed by atoms with Crippen LogP contribution in [0, 0.1) is 0 Å². The second kappa shape index (κ2) is 3.57. The van der Waals surface area contributed by atoms with Crippen LogP contribution in [0.1, 0.15) is 17.2 Å². The maximum absolute atomic E-state index is 11.8. The summed E-state index contributed by atoms with van der Waals surface area (Å²) in [6, 6.07) is 3.50. The van der Waals surface area contributed by atoms with E-state index in [4.69, 9.17) is 10.8 Å². The van der Waals surface area contributed by atoms with Gasteiger partial charge in [0.15, 0.2) is 9.84 Å². The molecule has 0 radical (unpaired) electrons. The minimum Gasteiger partial charge on any atom is -0.480 e. The highest BCUT2D eigenvalue weighted by Gasteiger charge is 2.32. The van der Waals surface area contributed by atoms with E-state index in [1.807, 2.05) is 0 Å². The van der Waals surface area contributed by atoms with Gasteiger partial charge in [-0.25, -0.2) is 8.42 Å². The summed E-state index contributed by atoms with van der Waals surface area (Å²) < 4.78 is 23.5. The third kappa shape index (κ3) is 1.60. The van der Waals surface area contributed by atoms with Gasteiger partial charge in [-0.1, -0.05) is 18.2 Å². The Bertz CT molecular complexity index is 550. The van der Waals surface area contributed by atoms with E-state index in [9.17, 15) is 13.2 Å². The maximum atomic E-state index is 11.8. The van der Waals surface area contributed by atoms with E-state index in [1.54, 1.807) is 12.1 Å². The van der Waals surface area contributed by atoms with Crippen molar-refractivity contribution < 1.29 is 18.3 Å². The van der Waals surface area contributed by atoms with Gasteiger partial charge in [-0.05, 0) is 17.5 Å². The summed E-state index contributed by atoms with van der Waals surface area (Å²) in [5.41, 5.74) is 6.31. The smallest absolute Gasteiger partial charge is 0.325 e. The molecular weight excluding hydrogens is 230 g/mol. The molecule has 0 spiro atoms. The van der Waals surface area contributed by atoms with Gasteiger partial charge in [0, 0.05) is 0 Å². The van der Waals surface area contributed by atoms with Crippen molar-refractivity contribution in [2.24, 2.45) is 5.73 Å². The molecule has 0 aliphatic carbocycles. The number of carboxylic acid groups (broad SMARTS) is 1. The first-order valence-corrected chi connectivity index (χ1v) is 6.41. The molecule has 0 aromatic heterocycles. The molecule has 0 amide bonds. The molecule has 2 rings (SSSR count). The Balaban J connectivity index is 2.66. The number of benzene rings is 1. The number of hydrogen-bond acceptors (Lipinski definition) is 4. The Morgan fingerprint density at radius 2 is 2.12 bits per heavy atom. The fourth-order valence-corrected chi connectivity index (χ4v) is 3.72. The van der Waals surface area contributed by atoms with E-state index < -0.39 is 21.8 Å². The predicted octanol–water partition coefficient (Wildman–Crippen LogP) is 0.101. The van der Waals surface area contributed by atoms with Crippen LogP contribution in [-0.4, -0.2) is 25.2 Å². The van der Waals surface area contributed by atoms with Crippen LogP contribution in [0.5, 0.6) is 0 Å². The summed E-state index contributed by atoms with van der Waals surface area (Å²) in [6.07, 6.45) is 0.428. The lowest BCUT2D eigenvalue weighted by molar-refractivity contribution is -0.138. The minimum atomic E-state index is -3.36. The largest absolute Gasteiger partial charge is 0.480 e. The molecule has 0 fully saturated rings. The van der Waals surface area contributed by atoms with Crippen molar-refractivity contribution in [1.82, 2.24) is 0 Å². The van der Waals surface area contributed by atoms with Crippen LogP contribution in [0.2, 0.25) is 0 Å². The average Bonchev–Trinajstić information content (AvgIpc) is 2.54. The molecule has 1 aliphatic rings. The first-order chi connectivity index (χ1) is 7.43. The first kappa shape index (κ1) is 11.1. The van der Waals surface area contributed by atoms with Crippen molar-refractivity contribution in [2.45, 2.75) is 17.4 Å². The molecule has 1 unspecified atom stereocenters. The molecule has 1 aliphatic heterocycles. The summed E-state index contributed by atoms with van der Waals surface area (Å²) in [7, 11) is -3.36. The number of carbonyl (C=O) groups is 1. The van der Waals surface area contributed by atoms with Crippen LogP contribution in [-0.2, 0) is 21.1 Å². The van der Waals surface area contributed by atoms with Crippen molar-refractivity contribution in [3.63, 3.8) is 0 Å². The highest BCUT2D eigenvalue weighted by atomic mass is 32.2.